The number of nitrogens with one attached hydrogen (secondary N) is 1. The number of amides is 2. The molecule has 2 fully saturated rings. The van der Waals surface area contributed by atoms with E-state index < -0.39 is 12.3 Å². The summed E-state index contributed by atoms with van der Waals surface area (Å²) in [5.41, 5.74) is 3.98. The Balaban J connectivity index is 1.64. The average molecular weight is 516 g/mol. The number of hydrogen-bond donors (Lipinski definition) is 1. The van der Waals surface area contributed by atoms with E-state index in [4.69, 9.17) is 9.72 Å². The fourth-order valence-electron chi connectivity index (χ4n) is 4.85. The first-order chi connectivity index (χ1) is 17.7. The maximum absolute atomic E-state index is 13.0. The Bertz CT molecular complexity index is 1140. The van der Waals surface area contributed by atoms with Crippen LogP contribution in [-0.2, 0) is 14.3 Å². The third kappa shape index (κ3) is 5.84. The van der Waals surface area contributed by atoms with Gasteiger partial charge in [-0.25, -0.2) is 4.98 Å². The Hall–Kier alpha value is -3.27. The van der Waals surface area contributed by atoms with Gasteiger partial charge in [-0.15, -0.1) is 0 Å². The second-order valence-electron chi connectivity index (χ2n) is 9.69. The molecule has 1 N–H and O–H groups in total. The largest absolute Gasteiger partial charge is 0.385 e. The number of nitrogens with zero attached hydrogens (tertiary/aromatic N) is 4. The van der Waals surface area contributed by atoms with E-state index in [0.29, 0.717) is 44.3 Å². The molecule has 2 aliphatic rings. The lowest BCUT2D eigenvalue weighted by Crippen LogP contribution is -2.54. The molecule has 2 amide bonds. The number of alkyl halides is 2. The molecule has 1 aromatic heterocycles. The number of aromatic nitrogens is 1. The predicted molar refractivity (Wildman–Crippen MR) is 140 cm³/mol. The van der Waals surface area contributed by atoms with Crippen LogP contribution in [0.4, 0.5) is 26.0 Å². The second-order valence-corrected chi connectivity index (χ2v) is 9.69. The highest BCUT2D eigenvalue weighted by molar-refractivity contribution is 5.95. The molecule has 200 valence electrons. The van der Waals surface area contributed by atoms with Crippen molar-refractivity contribution in [1.82, 2.24) is 9.88 Å². The van der Waals surface area contributed by atoms with E-state index in [9.17, 15) is 18.4 Å². The van der Waals surface area contributed by atoms with Crippen LogP contribution < -0.4 is 15.1 Å². The van der Waals surface area contributed by atoms with Crippen molar-refractivity contribution in [2.24, 2.45) is 0 Å². The quantitative estimate of drug-likeness (QED) is 0.545. The number of halogens is 2. The number of hydrogen-bond acceptors (Lipinski definition) is 6. The minimum absolute atomic E-state index is 0.0354. The van der Waals surface area contributed by atoms with Gasteiger partial charge in [0.2, 0.25) is 5.91 Å². The van der Waals surface area contributed by atoms with E-state index in [1.165, 1.54) is 7.05 Å². The van der Waals surface area contributed by atoms with Crippen LogP contribution in [0.25, 0.3) is 11.1 Å². The number of rotatable bonds is 9. The van der Waals surface area contributed by atoms with Crippen LogP contribution >= 0.6 is 0 Å². The zero-order chi connectivity index (χ0) is 26.7. The third-order valence-electron chi connectivity index (χ3n) is 7.09. The molecule has 4 rings (SSSR count). The molecule has 1 saturated heterocycles. The molecule has 0 unspecified atom stereocenters. The van der Waals surface area contributed by atoms with Crippen LogP contribution in [0.5, 0.6) is 0 Å². The zero-order valence-electron chi connectivity index (χ0n) is 21.8. The van der Waals surface area contributed by atoms with Gasteiger partial charge in [0.25, 0.3) is 5.91 Å². The van der Waals surface area contributed by atoms with Crippen LogP contribution in [0.2, 0.25) is 0 Å². The fourth-order valence-corrected chi connectivity index (χ4v) is 4.85. The van der Waals surface area contributed by atoms with Crippen molar-refractivity contribution in [3.05, 3.63) is 36.0 Å². The van der Waals surface area contributed by atoms with E-state index >= 15 is 0 Å². The van der Waals surface area contributed by atoms with Gasteiger partial charge in [0.1, 0.15) is 0 Å². The topological polar surface area (TPSA) is 78.0 Å². The monoisotopic (exact) mass is 515 g/mol. The molecule has 2 heterocycles. The van der Waals surface area contributed by atoms with Crippen LogP contribution in [-0.4, -0.2) is 81.6 Å². The first kappa shape index (κ1) is 26.8. The Kier molecular flexibility index (Phi) is 8.26. The maximum Gasteiger partial charge on any atom is 0.316 e. The summed E-state index contributed by atoms with van der Waals surface area (Å²) in [5, 5.41) is 3.27. The van der Waals surface area contributed by atoms with Crippen LogP contribution in [0, 0.1) is 0 Å². The number of carbonyl (C=O) groups is 2. The minimum Gasteiger partial charge on any atom is -0.385 e. The minimum atomic E-state index is -3.06. The van der Waals surface area contributed by atoms with E-state index in [1.807, 2.05) is 18.0 Å². The normalized spacial score (nSPS) is 17.8. The van der Waals surface area contributed by atoms with Crippen LogP contribution in [0.1, 0.15) is 37.8 Å². The van der Waals surface area contributed by atoms with Crippen molar-refractivity contribution >= 4 is 29.0 Å². The zero-order valence-corrected chi connectivity index (χ0v) is 21.8. The van der Waals surface area contributed by atoms with Gasteiger partial charge in [-0.05, 0) is 43.5 Å². The van der Waals surface area contributed by atoms with Crippen molar-refractivity contribution in [3.63, 3.8) is 0 Å². The molecule has 1 aromatic carbocycles. The highest BCUT2D eigenvalue weighted by Gasteiger charge is 2.33. The van der Waals surface area contributed by atoms with Gasteiger partial charge in [0.15, 0.2) is 5.82 Å². The summed E-state index contributed by atoms with van der Waals surface area (Å²) in [6.07, 6.45) is -0.607. The van der Waals surface area contributed by atoms with Gasteiger partial charge in [-0.3, -0.25) is 9.59 Å². The van der Waals surface area contributed by atoms with Crippen LogP contribution in [0.3, 0.4) is 0 Å². The molecular formula is C27H35F2N5O3. The first-order valence-corrected chi connectivity index (χ1v) is 12.7. The number of piperazine rings is 1. The Morgan fingerprint density at radius 3 is 2.62 bits per heavy atom. The van der Waals surface area contributed by atoms with Crippen molar-refractivity contribution in [2.75, 3.05) is 62.6 Å². The van der Waals surface area contributed by atoms with E-state index in [1.54, 1.807) is 25.3 Å². The van der Waals surface area contributed by atoms with Gasteiger partial charge in [0.05, 0.1) is 24.4 Å². The molecule has 1 aliphatic carbocycles. The van der Waals surface area contributed by atoms with Crippen molar-refractivity contribution in [2.45, 2.75) is 44.6 Å². The van der Waals surface area contributed by atoms with Gasteiger partial charge >= 0.3 is 6.43 Å². The van der Waals surface area contributed by atoms with Gasteiger partial charge in [-0.2, -0.15) is 8.78 Å². The summed E-state index contributed by atoms with van der Waals surface area (Å²) in [5.74, 6) is 0.0427. The van der Waals surface area contributed by atoms with Crippen molar-refractivity contribution in [3.8, 4) is 11.1 Å². The standard InChI is InChI=1S/C27H35F2N5O3/c1-17-16-33(11-12-34(17)23(35)10-13-37-4)26-22(30-2)15-21(24(31-26)18-8-9-18)19-6-5-7-20(14-19)32(3)27(36)25(28)29/h5-7,14-15,17-18,25,30H,8-13,16H2,1-4H3/t17-/m1/s1. The highest BCUT2D eigenvalue weighted by Crippen LogP contribution is 2.46. The molecule has 1 saturated carbocycles. The number of ether oxygens (including phenoxy) is 1. The molecule has 37 heavy (non-hydrogen) atoms. The third-order valence-corrected chi connectivity index (χ3v) is 7.09. The average Bonchev–Trinajstić information content (AvgIpc) is 3.75. The Morgan fingerprint density at radius 2 is 2.00 bits per heavy atom. The molecule has 1 aliphatic heterocycles. The highest BCUT2D eigenvalue weighted by atomic mass is 19.3. The maximum atomic E-state index is 13.0. The summed E-state index contributed by atoms with van der Waals surface area (Å²) in [7, 11) is 4.80. The van der Waals surface area contributed by atoms with Gasteiger partial charge in [-0.1, -0.05) is 12.1 Å². The predicted octanol–water partition coefficient (Wildman–Crippen LogP) is 3.97. The summed E-state index contributed by atoms with van der Waals surface area (Å²) in [6.45, 7) is 4.41. The molecule has 8 nitrogen and oxygen atoms in total. The summed E-state index contributed by atoms with van der Waals surface area (Å²) in [6, 6.07) is 9.19. The van der Waals surface area contributed by atoms with E-state index in [2.05, 4.69) is 23.2 Å². The lowest BCUT2D eigenvalue weighted by molar-refractivity contribution is -0.134. The molecule has 0 spiro atoms. The lowest BCUT2D eigenvalue weighted by Gasteiger charge is -2.41. The SMILES string of the molecule is CNc1cc(-c2cccc(N(C)C(=O)C(F)F)c2)c(C2CC2)nc1N1CCN(C(=O)CCOC)[C@H](C)C1. The molecule has 10 heteroatoms. The van der Waals surface area contributed by atoms with Gasteiger partial charge in [0, 0.05) is 64.0 Å². The molecule has 2 aromatic rings. The summed E-state index contributed by atoms with van der Waals surface area (Å²) < 4.78 is 31.1. The van der Waals surface area contributed by atoms with E-state index in [0.717, 1.165) is 46.1 Å². The Labute approximate surface area is 216 Å². The summed E-state index contributed by atoms with van der Waals surface area (Å²) in [4.78, 5) is 34.7. The molecule has 0 radical (unpaired) electrons. The lowest BCUT2D eigenvalue weighted by atomic mass is 9.99. The smallest absolute Gasteiger partial charge is 0.316 e. The number of benzene rings is 1. The van der Waals surface area contributed by atoms with Gasteiger partial charge < -0.3 is 24.8 Å². The molecular weight excluding hydrogens is 480 g/mol. The fraction of sp³-hybridized carbons (Fsp3) is 0.519. The second kappa shape index (κ2) is 11.4. The number of methoxy groups -OCH3 is 1. The van der Waals surface area contributed by atoms with Crippen molar-refractivity contribution < 1.29 is 23.1 Å². The first-order valence-electron chi connectivity index (χ1n) is 12.7. The number of pyridine rings is 1. The number of anilines is 3. The summed E-state index contributed by atoms with van der Waals surface area (Å²) >= 11 is 0. The Morgan fingerprint density at radius 1 is 1.24 bits per heavy atom. The number of carbonyl (C=O) groups excluding carboxylic acids is 2. The van der Waals surface area contributed by atoms with Crippen molar-refractivity contribution in [1.29, 1.82) is 0 Å². The van der Waals surface area contributed by atoms with Crippen LogP contribution in [0.15, 0.2) is 30.3 Å². The molecule has 1 atom stereocenters. The molecule has 0 bridgehead atoms. The van der Waals surface area contributed by atoms with E-state index in [-0.39, 0.29) is 11.9 Å².